The summed E-state index contributed by atoms with van der Waals surface area (Å²) in [6, 6.07) is 4.39. The predicted molar refractivity (Wildman–Crippen MR) is 98.9 cm³/mol. The average molecular weight is 387 g/mol. The van der Waals surface area contributed by atoms with Crippen LogP contribution < -0.4 is 9.62 Å². The summed E-state index contributed by atoms with van der Waals surface area (Å²) in [6.07, 6.45) is 5.66. The highest BCUT2D eigenvalue weighted by molar-refractivity contribution is 7.87. The fraction of sp³-hybridized carbons (Fsp3) is 0.588. The van der Waals surface area contributed by atoms with Gasteiger partial charge in [0.05, 0.1) is 16.9 Å². The van der Waals surface area contributed by atoms with E-state index in [2.05, 4.69) is 30.6 Å². The number of nitriles is 1. The minimum atomic E-state index is -3.53. The molecule has 0 bridgehead atoms. The van der Waals surface area contributed by atoms with Crippen LogP contribution >= 0.6 is 0 Å². The fourth-order valence-corrected chi connectivity index (χ4v) is 5.93. The van der Waals surface area contributed by atoms with Crippen LogP contribution in [0, 0.1) is 22.7 Å². The summed E-state index contributed by atoms with van der Waals surface area (Å²) in [4.78, 5) is 13.8. The van der Waals surface area contributed by atoms with Crippen LogP contribution in [0.1, 0.15) is 19.3 Å². The third kappa shape index (κ3) is 2.61. The van der Waals surface area contributed by atoms with Crippen LogP contribution in [0.2, 0.25) is 0 Å². The molecule has 1 saturated heterocycles. The summed E-state index contributed by atoms with van der Waals surface area (Å²) in [6.45, 7) is 0.789. The molecule has 3 fully saturated rings. The van der Waals surface area contributed by atoms with Crippen LogP contribution in [-0.4, -0.2) is 59.9 Å². The summed E-state index contributed by atoms with van der Waals surface area (Å²) < 4.78 is 29.5. The molecule has 2 aromatic rings. The molecule has 0 spiro atoms. The number of aromatic nitrogens is 3. The second kappa shape index (κ2) is 5.64. The van der Waals surface area contributed by atoms with Crippen molar-refractivity contribution in [1.29, 1.82) is 5.26 Å². The van der Waals surface area contributed by atoms with Gasteiger partial charge >= 0.3 is 0 Å². The number of H-pyrrole nitrogens is 1. The van der Waals surface area contributed by atoms with Crippen LogP contribution in [0.25, 0.3) is 11.0 Å². The van der Waals surface area contributed by atoms with Gasteiger partial charge in [0.15, 0.2) is 0 Å². The summed E-state index contributed by atoms with van der Waals surface area (Å²) in [7, 11) is -1.55. The van der Waals surface area contributed by atoms with Crippen molar-refractivity contribution in [1.82, 2.24) is 24.0 Å². The van der Waals surface area contributed by atoms with Crippen molar-refractivity contribution in [2.75, 3.05) is 25.0 Å². The molecule has 27 heavy (non-hydrogen) atoms. The first kappa shape index (κ1) is 16.9. The maximum absolute atomic E-state index is 12.6. The number of fused-ring (bicyclic) bond motifs is 2. The molecule has 0 aromatic carbocycles. The molecule has 2 N–H and O–H groups in total. The molecule has 2 aliphatic carbocycles. The number of rotatable bonds is 5. The third-order valence-corrected chi connectivity index (χ3v) is 7.91. The topological polar surface area (TPSA) is 118 Å². The molecule has 2 aromatic heterocycles. The molecular weight excluding hydrogens is 366 g/mol. The zero-order chi connectivity index (χ0) is 18.8. The molecule has 142 valence electrons. The number of hydrogen-bond donors (Lipinski definition) is 2. The van der Waals surface area contributed by atoms with Crippen molar-refractivity contribution >= 4 is 27.1 Å². The molecule has 3 heterocycles. The lowest BCUT2D eigenvalue weighted by Gasteiger charge is -2.42. The van der Waals surface area contributed by atoms with E-state index in [1.54, 1.807) is 0 Å². The van der Waals surface area contributed by atoms with E-state index in [9.17, 15) is 13.7 Å². The maximum Gasteiger partial charge on any atom is 0.279 e. The molecule has 9 nitrogen and oxygen atoms in total. The highest BCUT2D eigenvalue weighted by atomic mass is 32.2. The van der Waals surface area contributed by atoms with Crippen LogP contribution in [0.4, 0.5) is 5.82 Å². The van der Waals surface area contributed by atoms with E-state index >= 15 is 0 Å². The van der Waals surface area contributed by atoms with Gasteiger partial charge in [-0.1, -0.05) is 0 Å². The minimum absolute atomic E-state index is 0.0824. The largest absolute Gasteiger partial charge is 0.356 e. The van der Waals surface area contributed by atoms with Gasteiger partial charge < -0.3 is 9.88 Å². The normalized spacial score (nSPS) is 32.7. The van der Waals surface area contributed by atoms with Crippen molar-refractivity contribution < 1.29 is 8.42 Å². The number of nitrogens with one attached hydrogen (secondary N) is 2. The van der Waals surface area contributed by atoms with E-state index in [1.165, 1.54) is 10.6 Å². The standard InChI is InChI=1S/C17H21N7O2S/c1-23(16-14-2-3-19-15(14)20-10-21-16)13-4-12(5-13)22-27(25,26)24-7-11-6-17(11,8-18)9-24/h2-3,10-13,22H,4-7,9H2,1H3,(H,19,20,21)/t11?,12-,13+,17-/m0/s1. The van der Waals surface area contributed by atoms with E-state index in [4.69, 9.17) is 0 Å². The van der Waals surface area contributed by atoms with Gasteiger partial charge in [-0.05, 0) is 31.2 Å². The summed E-state index contributed by atoms with van der Waals surface area (Å²) >= 11 is 0. The zero-order valence-corrected chi connectivity index (χ0v) is 15.8. The Kier molecular flexibility index (Phi) is 3.53. The smallest absolute Gasteiger partial charge is 0.279 e. The van der Waals surface area contributed by atoms with Crippen molar-refractivity contribution in [2.45, 2.75) is 31.3 Å². The van der Waals surface area contributed by atoms with Gasteiger partial charge in [0, 0.05) is 38.4 Å². The minimum Gasteiger partial charge on any atom is -0.356 e. The van der Waals surface area contributed by atoms with E-state index in [1.807, 2.05) is 19.3 Å². The Bertz CT molecular complexity index is 1040. The first-order valence-electron chi connectivity index (χ1n) is 9.11. The molecule has 0 amide bonds. The first-order valence-corrected chi connectivity index (χ1v) is 10.6. The van der Waals surface area contributed by atoms with E-state index in [0.717, 1.165) is 36.1 Å². The number of aromatic amines is 1. The zero-order valence-electron chi connectivity index (χ0n) is 15.0. The lowest BCUT2D eigenvalue weighted by atomic mass is 9.86. The fourth-order valence-electron chi connectivity index (χ4n) is 4.39. The van der Waals surface area contributed by atoms with E-state index in [-0.39, 0.29) is 18.0 Å². The Hall–Kier alpha value is -2.22. The molecule has 3 aliphatic rings. The predicted octanol–water partition coefficient (Wildman–Crippen LogP) is 0.605. The summed E-state index contributed by atoms with van der Waals surface area (Å²) in [5.41, 5.74) is 0.369. The lowest BCUT2D eigenvalue weighted by molar-refractivity contribution is 0.306. The van der Waals surface area contributed by atoms with Crippen molar-refractivity contribution in [3.05, 3.63) is 18.6 Å². The van der Waals surface area contributed by atoms with Gasteiger partial charge in [0.25, 0.3) is 10.2 Å². The quantitative estimate of drug-likeness (QED) is 0.776. The number of anilines is 1. The molecule has 2 saturated carbocycles. The number of hydrogen-bond acceptors (Lipinski definition) is 6. The number of nitrogens with zero attached hydrogens (tertiary/aromatic N) is 5. The van der Waals surface area contributed by atoms with Crippen LogP contribution in [-0.2, 0) is 10.2 Å². The monoisotopic (exact) mass is 387 g/mol. The van der Waals surface area contributed by atoms with Gasteiger partial charge in [-0.2, -0.15) is 22.7 Å². The van der Waals surface area contributed by atoms with Crippen LogP contribution in [0.3, 0.4) is 0 Å². The van der Waals surface area contributed by atoms with Gasteiger partial charge in [-0.25, -0.2) is 9.97 Å². The van der Waals surface area contributed by atoms with Crippen molar-refractivity contribution in [3.63, 3.8) is 0 Å². The summed E-state index contributed by atoms with van der Waals surface area (Å²) in [5, 5.41) is 10.2. The maximum atomic E-state index is 12.6. The molecule has 10 heteroatoms. The second-order valence-electron chi connectivity index (χ2n) is 7.95. The van der Waals surface area contributed by atoms with Crippen LogP contribution in [0.5, 0.6) is 0 Å². The van der Waals surface area contributed by atoms with Gasteiger partial charge in [-0.15, -0.1) is 0 Å². The third-order valence-electron chi connectivity index (χ3n) is 6.32. The molecule has 2 atom stereocenters. The van der Waals surface area contributed by atoms with Crippen molar-refractivity contribution in [2.24, 2.45) is 11.3 Å². The average Bonchev–Trinajstić information content (AvgIpc) is 2.98. The Morgan fingerprint density at radius 3 is 3.00 bits per heavy atom. The van der Waals surface area contributed by atoms with Gasteiger partial charge in [0.2, 0.25) is 0 Å². The Labute approximate surface area is 157 Å². The molecule has 5 rings (SSSR count). The second-order valence-corrected chi connectivity index (χ2v) is 9.66. The lowest BCUT2D eigenvalue weighted by Crippen LogP contribution is -2.55. The molecular formula is C17H21N7O2S. The van der Waals surface area contributed by atoms with Gasteiger partial charge in [0.1, 0.15) is 17.8 Å². The molecule has 1 unspecified atom stereocenters. The number of piperidine rings is 1. The Balaban J connectivity index is 1.21. The molecule has 1 aliphatic heterocycles. The van der Waals surface area contributed by atoms with E-state index < -0.39 is 15.6 Å². The highest BCUT2D eigenvalue weighted by Crippen LogP contribution is 2.57. The highest BCUT2D eigenvalue weighted by Gasteiger charge is 2.63. The van der Waals surface area contributed by atoms with Crippen LogP contribution in [0.15, 0.2) is 18.6 Å². The van der Waals surface area contributed by atoms with Crippen molar-refractivity contribution in [3.8, 4) is 6.07 Å². The SMILES string of the molecule is CN(c1ncnc2[nH]ccc12)[C@H]1C[C@@H](NS(=O)(=O)N2CC3C[C@]3(C#N)C2)C1. The summed E-state index contributed by atoms with van der Waals surface area (Å²) in [5.74, 6) is 1.06. The Morgan fingerprint density at radius 2 is 2.26 bits per heavy atom. The van der Waals surface area contributed by atoms with E-state index in [0.29, 0.717) is 13.1 Å². The Morgan fingerprint density at radius 1 is 1.44 bits per heavy atom. The molecule has 0 radical (unpaired) electrons. The first-order chi connectivity index (χ1) is 12.9. The van der Waals surface area contributed by atoms with Gasteiger partial charge in [-0.3, -0.25) is 0 Å².